The predicted molar refractivity (Wildman–Crippen MR) is 162 cm³/mol. The fourth-order valence-electron chi connectivity index (χ4n) is 3.60. The Balaban J connectivity index is 1.53. The van der Waals surface area contributed by atoms with Gasteiger partial charge in [0, 0.05) is 21.7 Å². The first-order valence-electron chi connectivity index (χ1n) is 12.4. The van der Waals surface area contributed by atoms with Gasteiger partial charge in [-0.3, -0.25) is 19.7 Å². The number of carbonyl (C=O) groups is 3. The number of anilines is 2. The first kappa shape index (κ1) is 29.9. The van der Waals surface area contributed by atoms with Crippen LogP contribution in [0.4, 0.5) is 15.2 Å². The fourth-order valence-corrected chi connectivity index (χ4v) is 5.43. The van der Waals surface area contributed by atoms with Gasteiger partial charge in [-0.1, -0.05) is 60.2 Å². The van der Waals surface area contributed by atoms with Crippen LogP contribution in [0.1, 0.15) is 34.3 Å². The lowest BCUT2D eigenvalue weighted by molar-refractivity contribution is -0.116. The van der Waals surface area contributed by atoms with Crippen molar-refractivity contribution in [2.45, 2.75) is 30.4 Å². The number of hydrogen-bond acceptors (Lipinski definition) is 7. The Bertz CT molecular complexity index is 1580. The van der Waals surface area contributed by atoms with Gasteiger partial charge in [-0.25, -0.2) is 4.39 Å². The number of amides is 3. The van der Waals surface area contributed by atoms with E-state index in [1.54, 1.807) is 55.5 Å². The van der Waals surface area contributed by atoms with Crippen molar-refractivity contribution in [1.82, 2.24) is 15.5 Å². The highest BCUT2D eigenvalue weighted by molar-refractivity contribution is 8.00. The second kappa shape index (κ2) is 14.0. The summed E-state index contributed by atoms with van der Waals surface area (Å²) in [6, 6.07) is 19.4. The molecule has 1 unspecified atom stereocenters. The van der Waals surface area contributed by atoms with Crippen LogP contribution >= 0.6 is 34.7 Å². The van der Waals surface area contributed by atoms with E-state index in [4.69, 9.17) is 11.6 Å². The Kier molecular flexibility index (Phi) is 10.2. The molecule has 0 fully saturated rings. The summed E-state index contributed by atoms with van der Waals surface area (Å²) in [4.78, 5) is 39.8. The summed E-state index contributed by atoms with van der Waals surface area (Å²) in [6.07, 6.45) is 1.74. The monoisotopic (exact) mass is 609 g/mol. The van der Waals surface area contributed by atoms with Crippen LogP contribution in [0.25, 0.3) is 6.08 Å². The lowest BCUT2D eigenvalue weighted by atomic mass is 10.1. The van der Waals surface area contributed by atoms with Crippen LogP contribution in [0, 0.1) is 12.7 Å². The molecule has 0 saturated carbocycles. The normalized spacial score (nSPS) is 12.0. The van der Waals surface area contributed by atoms with Gasteiger partial charge >= 0.3 is 0 Å². The zero-order chi connectivity index (χ0) is 29.4. The Hall–Kier alpha value is -4.06. The number of aromatic nitrogens is 2. The second-order valence-corrected chi connectivity index (χ2v) is 11.5. The largest absolute Gasteiger partial charge is 0.321 e. The molecule has 0 bridgehead atoms. The van der Waals surface area contributed by atoms with Crippen molar-refractivity contribution < 1.29 is 18.8 Å². The minimum atomic E-state index is -0.688. The smallest absolute Gasteiger partial charge is 0.272 e. The van der Waals surface area contributed by atoms with Gasteiger partial charge in [-0.15, -0.1) is 22.0 Å². The SMILES string of the molecule is CCC(Sc1cccc(NC(=O)/C(=C\c2c(F)cccc2Cl)NC(=O)c2ccccc2)c1)C(=O)Nc1nnc(C)s1. The standard InChI is InChI=1S/C29H25ClFN5O3S2/c1-3-25(28(39)34-29-36-35-17(2)40-29)41-20-12-7-11-19(15-20)32-27(38)24(16-21-22(30)13-8-14-23(21)31)33-26(37)18-9-5-4-6-10-18/h4-16,25H,3H2,1-2H3,(H,32,38)(H,33,37)(H,34,36,39)/b24-16+. The summed E-state index contributed by atoms with van der Waals surface area (Å²) in [5.74, 6) is -2.10. The van der Waals surface area contributed by atoms with Crippen molar-refractivity contribution in [1.29, 1.82) is 0 Å². The van der Waals surface area contributed by atoms with E-state index in [0.29, 0.717) is 22.8 Å². The number of thioether (sulfide) groups is 1. The molecular formula is C29H25ClFN5O3S2. The topological polar surface area (TPSA) is 113 Å². The number of nitrogens with zero attached hydrogens (tertiary/aromatic N) is 2. The number of hydrogen-bond donors (Lipinski definition) is 3. The van der Waals surface area contributed by atoms with E-state index in [-0.39, 0.29) is 22.2 Å². The van der Waals surface area contributed by atoms with Gasteiger partial charge in [-0.05, 0) is 61.9 Å². The molecule has 0 saturated heterocycles. The van der Waals surface area contributed by atoms with Crippen molar-refractivity contribution in [3.05, 3.63) is 105 Å². The van der Waals surface area contributed by atoms with E-state index in [2.05, 4.69) is 26.1 Å². The molecule has 1 aromatic heterocycles. The zero-order valence-corrected chi connectivity index (χ0v) is 24.4. The summed E-state index contributed by atoms with van der Waals surface area (Å²) in [5.41, 5.74) is 0.479. The molecule has 3 N–H and O–H groups in total. The number of halogens is 2. The molecule has 0 radical (unpaired) electrons. The Morgan fingerprint density at radius 3 is 2.46 bits per heavy atom. The van der Waals surface area contributed by atoms with Gasteiger partial charge in [0.2, 0.25) is 11.0 Å². The quantitative estimate of drug-likeness (QED) is 0.139. The maximum Gasteiger partial charge on any atom is 0.272 e. The van der Waals surface area contributed by atoms with E-state index in [1.165, 1.54) is 47.4 Å². The lowest BCUT2D eigenvalue weighted by Crippen LogP contribution is -2.30. The highest BCUT2D eigenvalue weighted by Crippen LogP contribution is 2.29. The fraction of sp³-hybridized carbons (Fsp3) is 0.138. The summed E-state index contributed by atoms with van der Waals surface area (Å²) in [5, 5.41) is 16.8. The van der Waals surface area contributed by atoms with Gasteiger partial charge in [0.15, 0.2) is 0 Å². The Morgan fingerprint density at radius 2 is 1.78 bits per heavy atom. The molecule has 3 amide bonds. The summed E-state index contributed by atoms with van der Waals surface area (Å²) < 4.78 is 14.6. The maximum atomic E-state index is 14.6. The van der Waals surface area contributed by atoms with Crippen molar-refractivity contribution in [2.75, 3.05) is 10.6 Å². The summed E-state index contributed by atoms with van der Waals surface area (Å²) in [6.45, 7) is 3.70. The molecular weight excluding hydrogens is 585 g/mol. The molecule has 0 aliphatic heterocycles. The molecule has 41 heavy (non-hydrogen) atoms. The van der Waals surface area contributed by atoms with E-state index in [9.17, 15) is 18.8 Å². The first-order chi connectivity index (χ1) is 19.7. The van der Waals surface area contributed by atoms with E-state index in [1.807, 2.05) is 13.0 Å². The third-order valence-electron chi connectivity index (χ3n) is 5.61. The third kappa shape index (κ3) is 8.23. The molecule has 3 aromatic carbocycles. The minimum Gasteiger partial charge on any atom is -0.321 e. The maximum absolute atomic E-state index is 14.6. The van der Waals surface area contributed by atoms with E-state index >= 15 is 0 Å². The van der Waals surface area contributed by atoms with Crippen LogP contribution in [0.2, 0.25) is 5.02 Å². The highest BCUT2D eigenvalue weighted by Gasteiger charge is 2.21. The van der Waals surface area contributed by atoms with Gasteiger partial charge in [0.1, 0.15) is 16.5 Å². The summed E-state index contributed by atoms with van der Waals surface area (Å²) in [7, 11) is 0. The van der Waals surface area contributed by atoms with Gasteiger partial charge in [0.25, 0.3) is 11.8 Å². The van der Waals surface area contributed by atoms with Crippen LogP contribution in [0.5, 0.6) is 0 Å². The molecule has 1 heterocycles. The molecule has 8 nitrogen and oxygen atoms in total. The van der Waals surface area contributed by atoms with Gasteiger partial charge in [0.05, 0.1) is 10.3 Å². The number of carbonyl (C=O) groups excluding carboxylic acids is 3. The average Bonchev–Trinajstić information content (AvgIpc) is 3.37. The van der Waals surface area contributed by atoms with Crippen molar-refractivity contribution in [2.24, 2.45) is 0 Å². The van der Waals surface area contributed by atoms with Crippen LogP contribution in [-0.2, 0) is 9.59 Å². The molecule has 4 aromatic rings. The van der Waals surface area contributed by atoms with Crippen molar-refractivity contribution >= 4 is 69.3 Å². The van der Waals surface area contributed by atoms with Crippen LogP contribution in [0.15, 0.2) is 83.4 Å². The highest BCUT2D eigenvalue weighted by atomic mass is 35.5. The minimum absolute atomic E-state index is 0.0422. The van der Waals surface area contributed by atoms with E-state index in [0.717, 1.165) is 9.90 Å². The number of rotatable bonds is 10. The molecule has 4 rings (SSSR count). The number of benzene rings is 3. The summed E-state index contributed by atoms with van der Waals surface area (Å²) >= 11 is 8.80. The average molecular weight is 610 g/mol. The zero-order valence-electron chi connectivity index (χ0n) is 22.0. The molecule has 12 heteroatoms. The Labute approximate surface area is 249 Å². The van der Waals surface area contributed by atoms with Crippen LogP contribution in [-0.4, -0.2) is 33.2 Å². The second-order valence-electron chi connectivity index (χ2n) is 8.63. The lowest BCUT2D eigenvalue weighted by Gasteiger charge is -2.15. The molecule has 0 spiro atoms. The van der Waals surface area contributed by atoms with Crippen molar-refractivity contribution in [3.63, 3.8) is 0 Å². The molecule has 210 valence electrons. The van der Waals surface area contributed by atoms with Gasteiger partial charge < -0.3 is 10.6 Å². The first-order valence-corrected chi connectivity index (χ1v) is 14.5. The van der Waals surface area contributed by atoms with Crippen LogP contribution in [0.3, 0.4) is 0 Å². The third-order valence-corrected chi connectivity index (χ3v) is 8.05. The van der Waals surface area contributed by atoms with Crippen molar-refractivity contribution in [3.8, 4) is 0 Å². The number of nitrogens with one attached hydrogen (secondary N) is 3. The molecule has 0 aliphatic carbocycles. The number of aryl methyl sites for hydroxylation is 1. The molecule has 0 aliphatic rings. The molecule has 1 atom stereocenters. The van der Waals surface area contributed by atoms with Crippen LogP contribution < -0.4 is 16.0 Å². The van der Waals surface area contributed by atoms with Gasteiger partial charge in [-0.2, -0.15) is 0 Å². The predicted octanol–water partition coefficient (Wildman–Crippen LogP) is 6.56. The van der Waals surface area contributed by atoms with E-state index < -0.39 is 22.9 Å². The Morgan fingerprint density at radius 1 is 1.02 bits per heavy atom.